The number of amides is 1. The number of hydrogen-bond acceptors (Lipinski definition) is 5. The standard InChI is InChI=1S/C17H15N3O4/c1-3-12-5-4-6-13(9-12)18-11-17(21)19-15-8-7-14(24-2)10-16(15)20(22)23/h1,4-10,18H,11H2,2H3,(H,19,21). The largest absolute Gasteiger partial charge is 0.496 e. The van der Waals surface area contributed by atoms with Crippen molar-refractivity contribution in [3.05, 3.63) is 58.1 Å². The highest BCUT2D eigenvalue weighted by Crippen LogP contribution is 2.28. The zero-order valence-corrected chi connectivity index (χ0v) is 12.9. The quantitative estimate of drug-likeness (QED) is 0.484. The molecule has 0 aliphatic heterocycles. The maximum absolute atomic E-state index is 12.0. The molecule has 0 saturated carbocycles. The lowest BCUT2D eigenvalue weighted by molar-refractivity contribution is -0.384. The minimum absolute atomic E-state index is 0.0583. The van der Waals surface area contributed by atoms with E-state index in [4.69, 9.17) is 11.2 Å². The second-order valence-electron chi connectivity index (χ2n) is 4.77. The average molecular weight is 325 g/mol. The number of nitro benzene ring substituents is 1. The molecule has 0 saturated heterocycles. The van der Waals surface area contributed by atoms with E-state index in [2.05, 4.69) is 16.6 Å². The van der Waals surface area contributed by atoms with Gasteiger partial charge in [0.05, 0.1) is 24.6 Å². The Kier molecular flexibility index (Phi) is 5.36. The Hall–Kier alpha value is -3.53. The zero-order valence-electron chi connectivity index (χ0n) is 12.9. The second-order valence-corrected chi connectivity index (χ2v) is 4.77. The molecule has 0 aliphatic carbocycles. The topological polar surface area (TPSA) is 93.5 Å². The first kappa shape index (κ1) is 16.8. The predicted octanol–water partition coefficient (Wildman–Crippen LogP) is 2.64. The van der Waals surface area contributed by atoms with Crippen LogP contribution >= 0.6 is 0 Å². The first-order valence-electron chi connectivity index (χ1n) is 6.96. The monoisotopic (exact) mass is 325 g/mol. The molecule has 7 nitrogen and oxygen atoms in total. The summed E-state index contributed by atoms with van der Waals surface area (Å²) in [6.45, 7) is -0.0583. The predicted molar refractivity (Wildman–Crippen MR) is 91.1 cm³/mol. The van der Waals surface area contributed by atoms with Gasteiger partial charge in [0.25, 0.3) is 5.69 Å². The third kappa shape index (κ3) is 4.24. The first-order valence-corrected chi connectivity index (χ1v) is 6.96. The summed E-state index contributed by atoms with van der Waals surface area (Å²) >= 11 is 0. The lowest BCUT2D eigenvalue weighted by Gasteiger charge is -2.09. The molecule has 122 valence electrons. The van der Waals surface area contributed by atoms with Gasteiger partial charge in [0.1, 0.15) is 11.4 Å². The minimum Gasteiger partial charge on any atom is -0.496 e. The van der Waals surface area contributed by atoms with Crippen LogP contribution in [0, 0.1) is 22.5 Å². The highest BCUT2D eigenvalue weighted by Gasteiger charge is 2.17. The summed E-state index contributed by atoms with van der Waals surface area (Å²) in [5.74, 6) is 2.41. The number of benzene rings is 2. The number of carbonyl (C=O) groups is 1. The summed E-state index contributed by atoms with van der Waals surface area (Å²) in [6.07, 6.45) is 5.31. The van der Waals surface area contributed by atoms with Gasteiger partial charge in [-0.15, -0.1) is 6.42 Å². The molecule has 24 heavy (non-hydrogen) atoms. The number of terminal acetylenes is 1. The van der Waals surface area contributed by atoms with Gasteiger partial charge < -0.3 is 15.4 Å². The Morgan fingerprint density at radius 1 is 1.33 bits per heavy atom. The number of nitro groups is 1. The number of carbonyl (C=O) groups excluding carboxylic acids is 1. The zero-order chi connectivity index (χ0) is 17.5. The summed E-state index contributed by atoms with van der Waals surface area (Å²) in [7, 11) is 1.41. The molecule has 2 rings (SSSR count). The molecule has 0 atom stereocenters. The van der Waals surface area contributed by atoms with Crippen molar-refractivity contribution in [3.63, 3.8) is 0 Å². The highest BCUT2D eigenvalue weighted by molar-refractivity contribution is 5.95. The fourth-order valence-electron chi connectivity index (χ4n) is 1.99. The van der Waals surface area contributed by atoms with Gasteiger partial charge in [-0.1, -0.05) is 12.0 Å². The lowest BCUT2D eigenvalue weighted by Crippen LogP contribution is -2.22. The van der Waals surface area contributed by atoms with Crippen LogP contribution in [0.2, 0.25) is 0 Å². The van der Waals surface area contributed by atoms with Crippen molar-refractivity contribution in [3.8, 4) is 18.1 Å². The number of rotatable bonds is 6. The molecule has 0 aliphatic rings. The van der Waals surface area contributed by atoms with E-state index in [0.29, 0.717) is 17.0 Å². The van der Waals surface area contributed by atoms with Crippen LogP contribution in [0.3, 0.4) is 0 Å². The molecule has 0 aromatic heterocycles. The Bertz CT molecular complexity index is 812. The number of anilines is 2. The summed E-state index contributed by atoms with van der Waals surface area (Å²) < 4.78 is 4.95. The summed E-state index contributed by atoms with van der Waals surface area (Å²) in [5.41, 5.74) is 1.23. The van der Waals surface area contributed by atoms with Crippen LogP contribution in [0.15, 0.2) is 42.5 Å². The van der Waals surface area contributed by atoms with E-state index in [0.717, 1.165) is 0 Å². The minimum atomic E-state index is -0.581. The molecule has 0 unspecified atom stereocenters. The molecule has 2 aromatic carbocycles. The Morgan fingerprint density at radius 3 is 2.79 bits per heavy atom. The van der Waals surface area contributed by atoms with E-state index in [1.807, 2.05) is 0 Å². The van der Waals surface area contributed by atoms with Crippen molar-refractivity contribution in [2.75, 3.05) is 24.3 Å². The number of ether oxygens (including phenoxy) is 1. The van der Waals surface area contributed by atoms with Crippen LogP contribution in [-0.2, 0) is 4.79 Å². The van der Waals surface area contributed by atoms with Crippen molar-refractivity contribution in [1.82, 2.24) is 0 Å². The van der Waals surface area contributed by atoms with E-state index in [1.165, 1.54) is 25.3 Å². The van der Waals surface area contributed by atoms with Gasteiger partial charge in [0.2, 0.25) is 5.91 Å². The number of hydrogen-bond donors (Lipinski definition) is 2. The molecular weight excluding hydrogens is 310 g/mol. The van der Waals surface area contributed by atoms with Crippen molar-refractivity contribution in [1.29, 1.82) is 0 Å². The van der Waals surface area contributed by atoms with E-state index in [1.54, 1.807) is 24.3 Å². The molecule has 0 fully saturated rings. The van der Waals surface area contributed by atoms with Crippen LogP contribution in [-0.4, -0.2) is 24.5 Å². The van der Waals surface area contributed by atoms with E-state index in [9.17, 15) is 14.9 Å². The molecule has 0 spiro atoms. The van der Waals surface area contributed by atoms with Crippen LogP contribution in [0.4, 0.5) is 17.1 Å². The summed E-state index contributed by atoms with van der Waals surface area (Å²) in [6, 6.07) is 11.2. The van der Waals surface area contributed by atoms with Crippen LogP contribution in [0.5, 0.6) is 5.75 Å². The molecule has 1 amide bonds. The Balaban J connectivity index is 2.04. The molecular formula is C17H15N3O4. The first-order chi connectivity index (χ1) is 11.5. The Morgan fingerprint density at radius 2 is 2.12 bits per heavy atom. The van der Waals surface area contributed by atoms with Gasteiger partial charge in [-0.2, -0.15) is 0 Å². The third-order valence-electron chi connectivity index (χ3n) is 3.16. The molecule has 0 bridgehead atoms. The summed E-state index contributed by atoms with van der Waals surface area (Å²) in [4.78, 5) is 22.5. The Labute approximate surface area is 138 Å². The third-order valence-corrected chi connectivity index (χ3v) is 3.16. The second kappa shape index (κ2) is 7.65. The van der Waals surface area contributed by atoms with E-state index in [-0.39, 0.29) is 17.9 Å². The molecule has 0 radical (unpaired) electrons. The lowest BCUT2D eigenvalue weighted by atomic mass is 10.2. The van der Waals surface area contributed by atoms with Crippen LogP contribution in [0.25, 0.3) is 0 Å². The van der Waals surface area contributed by atoms with Crippen LogP contribution < -0.4 is 15.4 Å². The van der Waals surface area contributed by atoms with Gasteiger partial charge in [-0.25, -0.2) is 0 Å². The van der Waals surface area contributed by atoms with Crippen molar-refractivity contribution < 1.29 is 14.5 Å². The SMILES string of the molecule is C#Cc1cccc(NCC(=O)Nc2ccc(OC)cc2[N+](=O)[O-])c1. The number of nitrogens with one attached hydrogen (secondary N) is 2. The molecule has 7 heteroatoms. The van der Waals surface area contributed by atoms with Gasteiger partial charge in [-0.3, -0.25) is 14.9 Å². The van der Waals surface area contributed by atoms with Crippen molar-refractivity contribution >= 4 is 23.0 Å². The van der Waals surface area contributed by atoms with E-state index < -0.39 is 10.8 Å². The maximum Gasteiger partial charge on any atom is 0.296 e. The van der Waals surface area contributed by atoms with E-state index >= 15 is 0 Å². The van der Waals surface area contributed by atoms with Crippen molar-refractivity contribution in [2.45, 2.75) is 0 Å². The van der Waals surface area contributed by atoms with Crippen LogP contribution in [0.1, 0.15) is 5.56 Å². The molecule has 2 aromatic rings. The fourth-order valence-corrected chi connectivity index (χ4v) is 1.99. The number of nitrogens with zero attached hydrogens (tertiary/aromatic N) is 1. The molecule has 2 N–H and O–H groups in total. The van der Waals surface area contributed by atoms with Gasteiger partial charge in [-0.05, 0) is 30.3 Å². The summed E-state index contributed by atoms with van der Waals surface area (Å²) in [5, 5.41) is 16.5. The molecule has 0 heterocycles. The maximum atomic E-state index is 12.0. The smallest absolute Gasteiger partial charge is 0.296 e. The van der Waals surface area contributed by atoms with Crippen molar-refractivity contribution in [2.24, 2.45) is 0 Å². The normalized spacial score (nSPS) is 9.67. The fraction of sp³-hybridized carbons (Fsp3) is 0.118. The number of methoxy groups -OCH3 is 1. The van der Waals surface area contributed by atoms with Gasteiger partial charge >= 0.3 is 0 Å². The van der Waals surface area contributed by atoms with Gasteiger partial charge in [0, 0.05) is 11.3 Å². The highest BCUT2D eigenvalue weighted by atomic mass is 16.6. The van der Waals surface area contributed by atoms with Gasteiger partial charge in [0.15, 0.2) is 0 Å². The average Bonchev–Trinajstić information content (AvgIpc) is 2.60.